The summed E-state index contributed by atoms with van der Waals surface area (Å²) in [5.74, 6) is -0.159. The van der Waals surface area contributed by atoms with E-state index in [1.54, 1.807) is 6.07 Å². The topological polar surface area (TPSA) is 19.0 Å². The van der Waals surface area contributed by atoms with Gasteiger partial charge in [-0.1, -0.05) is 37.3 Å². The minimum Gasteiger partial charge on any atom is -0.357 e. The number of aromatic amines is 1. The second-order valence-electron chi connectivity index (χ2n) is 7.26. The highest BCUT2D eigenvalue weighted by atomic mass is 19.1. The van der Waals surface area contributed by atoms with Crippen LogP contribution in [0.5, 0.6) is 0 Å². The van der Waals surface area contributed by atoms with Gasteiger partial charge in [-0.15, -0.1) is 0 Å². The quantitative estimate of drug-likeness (QED) is 0.721. The number of H-pyrrole nitrogens is 1. The van der Waals surface area contributed by atoms with Gasteiger partial charge in [-0.3, -0.25) is 4.90 Å². The average molecular weight is 320 g/mol. The van der Waals surface area contributed by atoms with Gasteiger partial charge in [-0.25, -0.2) is 4.39 Å². The van der Waals surface area contributed by atoms with Crippen LogP contribution in [0.25, 0.3) is 10.9 Å². The molecule has 1 atom stereocenters. The van der Waals surface area contributed by atoms with Crippen molar-refractivity contribution in [3.05, 3.63) is 71.2 Å². The maximum absolute atomic E-state index is 13.9. The molecule has 1 aromatic heterocycles. The van der Waals surface area contributed by atoms with E-state index in [1.807, 2.05) is 6.07 Å². The van der Waals surface area contributed by atoms with Crippen molar-refractivity contribution in [2.24, 2.45) is 0 Å². The number of para-hydroxylation sites is 1. The molecule has 1 fully saturated rings. The zero-order valence-corrected chi connectivity index (χ0v) is 13.8. The lowest BCUT2D eigenvalue weighted by molar-refractivity contribution is 0.193. The molecule has 0 amide bonds. The first-order valence-corrected chi connectivity index (χ1v) is 8.82. The van der Waals surface area contributed by atoms with Gasteiger partial charge in [0, 0.05) is 28.6 Å². The lowest BCUT2D eigenvalue weighted by Gasteiger charge is -2.40. The molecule has 1 N–H and O–H groups in total. The SMILES string of the molecule is CCN1CC2(CC2)c2c([nH]c3ccccc23)C1c1cccc(F)c1. The van der Waals surface area contributed by atoms with E-state index < -0.39 is 0 Å². The largest absolute Gasteiger partial charge is 0.357 e. The second kappa shape index (κ2) is 4.93. The number of fused-ring (bicyclic) bond motifs is 4. The summed E-state index contributed by atoms with van der Waals surface area (Å²) in [6.07, 6.45) is 2.52. The summed E-state index contributed by atoms with van der Waals surface area (Å²) in [4.78, 5) is 6.18. The number of nitrogens with one attached hydrogen (secondary N) is 1. The molecule has 5 rings (SSSR count). The Hall–Kier alpha value is -2.13. The second-order valence-corrected chi connectivity index (χ2v) is 7.26. The molecule has 0 saturated heterocycles. The van der Waals surface area contributed by atoms with Crippen LogP contribution in [0, 0.1) is 5.82 Å². The average Bonchev–Trinajstić information content (AvgIpc) is 3.24. The van der Waals surface area contributed by atoms with Crippen LogP contribution >= 0.6 is 0 Å². The predicted octanol–water partition coefficient (Wildman–Crippen LogP) is 4.76. The molecule has 24 heavy (non-hydrogen) atoms. The predicted molar refractivity (Wildman–Crippen MR) is 94.7 cm³/mol. The Morgan fingerprint density at radius 2 is 2.00 bits per heavy atom. The fourth-order valence-electron chi connectivity index (χ4n) is 4.59. The zero-order chi connectivity index (χ0) is 16.3. The van der Waals surface area contributed by atoms with Crippen molar-refractivity contribution >= 4 is 10.9 Å². The molecule has 0 radical (unpaired) electrons. The van der Waals surface area contributed by atoms with Crippen molar-refractivity contribution in [3.8, 4) is 0 Å². The van der Waals surface area contributed by atoms with E-state index in [-0.39, 0.29) is 11.9 Å². The van der Waals surface area contributed by atoms with Gasteiger partial charge in [0.25, 0.3) is 0 Å². The monoisotopic (exact) mass is 320 g/mol. The fraction of sp³-hybridized carbons (Fsp3) is 0.333. The highest BCUT2D eigenvalue weighted by Gasteiger charge is 2.53. The van der Waals surface area contributed by atoms with Crippen LogP contribution in [0.1, 0.15) is 42.6 Å². The first kappa shape index (κ1) is 14.2. The minimum absolute atomic E-state index is 0.110. The molecule has 1 saturated carbocycles. The summed E-state index contributed by atoms with van der Waals surface area (Å²) in [6.45, 7) is 4.24. The van der Waals surface area contributed by atoms with Crippen molar-refractivity contribution in [2.75, 3.05) is 13.1 Å². The maximum Gasteiger partial charge on any atom is 0.123 e. The van der Waals surface area contributed by atoms with Crippen molar-refractivity contribution in [2.45, 2.75) is 31.2 Å². The normalized spacial score (nSPS) is 22.0. The van der Waals surface area contributed by atoms with Gasteiger partial charge in [-0.05, 0) is 48.7 Å². The number of likely N-dealkylation sites (N-methyl/N-ethyl adjacent to an activating group) is 1. The third kappa shape index (κ3) is 1.91. The fourth-order valence-corrected chi connectivity index (χ4v) is 4.59. The number of rotatable bonds is 2. The van der Waals surface area contributed by atoms with Gasteiger partial charge in [0.05, 0.1) is 6.04 Å². The van der Waals surface area contributed by atoms with Crippen molar-refractivity contribution in [3.63, 3.8) is 0 Å². The molecule has 1 spiro atoms. The summed E-state index contributed by atoms with van der Waals surface area (Å²) >= 11 is 0. The molecule has 2 heterocycles. The number of hydrogen-bond donors (Lipinski definition) is 1. The highest BCUT2D eigenvalue weighted by Crippen LogP contribution is 2.57. The Balaban J connectivity index is 1.78. The molecule has 1 aliphatic carbocycles. The molecule has 1 aliphatic heterocycles. The smallest absolute Gasteiger partial charge is 0.123 e. The van der Waals surface area contributed by atoms with Crippen LogP contribution in [0.15, 0.2) is 48.5 Å². The molecule has 1 unspecified atom stereocenters. The molecule has 122 valence electrons. The van der Waals surface area contributed by atoms with Gasteiger partial charge in [-0.2, -0.15) is 0 Å². The van der Waals surface area contributed by atoms with E-state index in [0.29, 0.717) is 5.41 Å². The number of benzene rings is 2. The first-order chi connectivity index (χ1) is 11.7. The molecule has 3 heteroatoms. The van der Waals surface area contributed by atoms with Crippen LogP contribution in [0.2, 0.25) is 0 Å². The zero-order valence-electron chi connectivity index (χ0n) is 13.8. The van der Waals surface area contributed by atoms with Crippen molar-refractivity contribution in [1.29, 1.82) is 0 Å². The Bertz CT molecular complexity index is 922. The summed E-state index contributed by atoms with van der Waals surface area (Å²) < 4.78 is 13.9. The van der Waals surface area contributed by atoms with Crippen LogP contribution in [-0.4, -0.2) is 23.0 Å². The number of aromatic nitrogens is 1. The van der Waals surface area contributed by atoms with Crippen LogP contribution < -0.4 is 0 Å². The van der Waals surface area contributed by atoms with Gasteiger partial charge >= 0.3 is 0 Å². The van der Waals surface area contributed by atoms with E-state index in [9.17, 15) is 4.39 Å². The summed E-state index contributed by atoms with van der Waals surface area (Å²) in [5, 5.41) is 1.35. The number of halogens is 1. The standard InChI is InChI=1S/C21H21FN2/c1-2-24-13-21(10-11-21)18-16-8-3-4-9-17(16)23-19(18)20(24)14-6-5-7-15(22)12-14/h3-9,12,20,23H,2,10-11,13H2,1H3. The molecule has 2 nitrogen and oxygen atoms in total. The summed E-state index contributed by atoms with van der Waals surface area (Å²) in [7, 11) is 0. The summed E-state index contributed by atoms with van der Waals surface area (Å²) in [6, 6.07) is 15.8. The van der Waals surface area contributed by atoms with E-state index >= 15 is 0 Å². The van der Waals surface area contributed by atoms with E-state index in [2.05, 4.69) is 47.1 Å². The Kier molecular flexibility index (Phi) is 2.93. The van der Waals surface area contributed by atoms with Crippen LogP contribution in [-0.2, 0) is 5.41 Å². The van der Waals surface area contributed by atoms with E-state index in [1.165, 1.54) is 41.1 Å². The highest BCUT2D eigenvalue weighted by molar-refractivity contribution is 5.87. The third-order valence-electron chi connectivity index (χ3n) is 5.83. The van der Waals surface area contributed by atoms with Crippen LogP contribution in [0.4, 0.5) is 4.39 Å². The number of nitrogens with zero attached hydrogens (tertiary/aromatic N) is 1. The molecule has 2 aliphatic rings. The third-order valence-corrected chi connectivity index (χ3v) is 5.83. The van der Waals surface area contributed by atoms with Crippen molar-refractivity contribution < 1.29 is 4.39 Å². The van der Waals surface area contributed by atoms with Crippen molar-refractivity contribution in [1.82, 2.24) is 9.88 Å². The molecule has 3 aromatic rings. The van der Waals surface area contributed by atoms with Gasteiger partial charge in [0.1, 0.15) is 5.82 Å². The van der Waals surface area contributed by atoms with Gasteiger partial charge < -0.3 is 4.98 Å². The number of hydrogen-bond acceptors (Lipinski definition) is 1. The van der Waals surface area contributed by atoms with E-state index in [4.69, 9.17) is 0 Å². The molecule has 2 aromatic carbocycles. The van der Waals surface area contributed by atoms with Gasteiger partial charge in [0.2, 0.25) is 0 Å². The molecular weight excluding hydrogens is 299 g/mol. The Morgan fingerprint density at radius 1 is 1.17 bits per heavy atom. The lowest BCUT2D eigenvalue weighted by atomic mass is 9.83. The van der Waals surface area contributed by atoms with Crippen LogP contribution in [0.3, 0.4) is 0 Å². The maximum atomic E-state index is 13.9. The lowest BCUT2D eigenvalue weighted by Crippen LogP contribution is -2.41. The Morgan fingerprint density at radius 3 is 2.75 bits per heavy atom. The minimum atomic E-state index is -0.159. The Labute approximate surface area is 141 Å². The summed E-state index contributed by atoms with van der Waals surface area (Å²) in [5.41, 5.74) is 5.30. The molecule has 0 bridgehead atoms. The van der Waals surface area contributed by atoms with E-state index in [0.717, 1.165) is 18.7 Å². The molecular formula is C21H21FN2. The van der Waals surface area contributed by atoms with Gasteiger partial charge in [0.15, 0.2) is 0 Å². The first-order valence-electron chi connectivity index (χ1n) is 8.82.